The molecule has 1 fully saturated rings. The number of amides is 1. The second-order valence-corrected chi connectivity index (χ2v) is 9.04. The molecule has 4 rings (SSSR count). The molecular weight excluding hydrogens is 417 g/mol. The van der Waals surface area contributed by atoms with Crippen LogP contribution in [0.15, 0.2) is 30.5 Å². The van der Waals surface area contributed by atoms with Crippen LogP contribution < -0.4 is 5.32 Å². The first-order chi connectivity index (χ1) is 15.3. The average Bonchev–Trinajstić information content (AvgIpc) is 3.21. The molecule has 174 valence electrons. The van der Waals surface area contributed by atoms with E-state index in [-0.39, 0.29) is 11.8 Å². The molecule has 0 spiro atoms. The highest BCUT2D eigenvalue weighted by molar-refractivity contribution is 5.92. The predicted molar refractivity (Wildman–Crippen MR) is 117 cm³/mol. The monoisotopic (exact) mass is 448 g/mol. The van der Waals surface area contributed by atoms with Crippen LogP contribution in [0.2, 0.25) is 0 Å². The summed E-state index contributed by atoms with van der Waals surface area (Å²) in [5, 5.41) is 2.96. The summed E-state index contributed by atoms with van der Waals surface area (Å²) in [6.45, 7) is 5.52. The summed E-state index contributed by atoms with van der Waals surface area (Å²) in [6.07, 6.45) is 3.44. The first kappa shape index (κ1) is 22.8. The van der Waals surface area contributed by atoms with Gasteiger partial charge in [0.15, 0.2) is 0 Å². The zero-order valence-electron chi connectivity index (χ0n) is 18.5. The number of nitrogens with one attached hydrogen (secondary N) is 1. The van der Waals surface area contributed by atoms with E-state index >= 15 is 0 Å². The number of hydrogen-bond donors (Lipinski definition) is 1. The number of likely N-dealkylation sites (tertiary alicyclic amines) is 1. The first-order valence-corrected chi connectivity index (χ1v) is 11.6. The topological polar surface area (TPSA) is 50.2 Å². The summed E-state index contributed by atoms with van der Waals surface area (Å²) in [7, 11) is 0. The third-order valence-electron chi connectivity index (χ3n) is 6.76. The molecule has 1 saturated heterocycles. The van der Waals surface area contributed by atoms with Crippen LogP contribution >= 0.6 is 0 Å². The normalized spacial score (nSPS) is 21.9. The number of carbonyl (C=O) groups excluding carboxylic acids is 1. The van der Waals surface area contributed by atoms with Gasteiger partial charge in [-0.15, -0.1) is 0 Å². The van der Waals surface area contributed by atoms with E-state index in [0.717, 1.165) is 31.4 Å². The Bertz CT molecular complexity index is 940. The molecule has 1 amide bonds. The molecule has 3 heterocycles. The van der Waals surface area contributed by atoms with Crippen LogP contribution in [0.4, 0.5) is 13.2 Å². The molecular formula is C24H31F3N4O. The lowest BCUT2D eigenvalue weighted by atomic mass is 9.90. The minimum atomic E-state index is -4.35. The van der Waals surface area contributed by atoms with Crippen LogP contribution in [0, 0.1) is 0 Å². The minimum Gasteiger partial charge on any atom is -0.351 e. The fourth-order valence-corrected chi connectivity index (χ4v) is 4.86. The van der Waals surface area contributed by atoms with Crippen LogP contribution in [0.3, 0.4) is 0 Å². The Hall–Kier alpha value is -2.35. The number of nitrogens with zero attached hydrogens (tertiary/aromatic N) is 3. The lowest BCUT2D eigenvalue weighted by molar-refractivity contribution is -0.137. The smallest absolute Gasteiger partial charge is 0.351 e. The summed E-state index contributed by atoms with van der Waals surface area (Å²) in [5.74, 6) is 0.608. The maximum absolute atomic E-state index is 13.1. The van der Waals surface area contributed by atoms with Crippen molar-refractivity contribution in [3.05, 3.63) is 53.1 Å². The molecule has 0 bridgehead atoms. The molecule has 8 heteroatoms. The summed E-state index contributed by atoms with van der Waals surface area (Å²) in [6, 6.07) is 6.17. The van der Waals surface area contributed by atoms with Crippen LogP contribution in [-0.4, -0.2) is 46.0 Å². The van der Waals surface area contributed by atoms with Gasteiger partial charge in [0.05, 0.1) is 5.56 Å². The summed E-state index contributed by atoms with van der Waals surface area (Å²) < 4.78 is 41.1. The first-order valence-electron chi connectivity index (χ1n) is 11.6. The lowest BCUT2D eigenvalue weighted by Gasteiger charge is -2.33. The number of alkyl halides is 3. The predicted octanol–water partition coefficient (Wildman–Crippen LogP) is 4.63. The Kier molecular flexibility index (Phi) is 6.88. The van der Waals surface area contributed by atoms with Gasteiger partial charge in [0, 0.05) is 44.2 Å². The Balaban J connectivity index is 1.31. The Morgan fingerprint density at radius 1 is 1.25 bits per heavy atom. The Morgan fingerprint density at radius 2 is 2.09 bits per heavy atom. The van der Waals surface area contributed by atoms with Gasteiger partial charge in [0.2, 0.25) is 0 Å². The van der Waals surface area contributed by atoms with E-state index in [1.165, 1.54) is 31.4 Å². The highest BCUT2D eigenvalue weighted by Gasteiger charge is 2.31. The second kappa shape index (κ2) is 9.65. The molecule has 2 atom stereocenters. The molecule has 0 aliphatic carbocycles. The number of imidazole rings is 1. The maximum atomic E-state index is 13.1. The summed E-state index contributed by atoms with van der Waals surface area (Å²) in [4.78, 5) is 19.5. The van der Waals surface area contributed by atoms with Crippen molar-refractivity contribution in [3.8, 4) is 0 Å². The fraction of sp³-hybridized carbons (Fsp3) is 0.583. The number of hydrogen-bond acceptors (Lipinski definition) is 3. The number of aromatic nitrogens is 2. The Morgan fingerprint density at radius 3 is 2.88 bits per heavy atom. The van der Waals surface area contributed by atoms with Crippen LogP contribution in [0.5, 0.6) is 0 Å². The van der Waals surface area contributed by atoms with E-state index in [0.29, 0.717) is 43.2 Å². The Labute approximate surface area is 187 Å². The van der Waals surface area contributed by atoms with Gasteiger partial charge in [-0.3, -0.25) is 4.79 Å². The van der Waals surface area contributed by atoms with Crippen molar-refractivity contribution in [2.45, 2.75) is 70.1 Å². The van der Waals surface area contributed by atoms with Gasteiger partial charge in [-0.1, -0.05) is 24.6 Å². The van der Waals surface area contributed by atoms with Crippen molar-refractivity contribution in [1.29, 1.82) is 0 Å². The van der Waals surface area contributed by atoms with E-state index in [1.807, 2.05) is 4.57 Å². The zero-order chi connectivity index (χ0) is 22.7. The number of aryl methyl sites for hydroxylation is 1. The van der Waals surface area contributed by atoms with Crippen molar-refractivity contribution < 1.29 is 18.0 Å². The molecule has 0 radical (unpaired) electrons. The molecule has 5 nitrogen and oxygen atoms in total. The van der Waals surface area contributed by atoms with E-state index in [2.05, 4.69) is 22.1 Å². The second-order valence-electron chi connectivity index (χ2n) is 9.04. The van der Waals surface area contributed by atoms with Gasteiger partial charge < -0.3 is 14.8 Å². The van der Waals surface area contributed by atoms with Gasteiger partial charge in [-0.25, -0.2) is 4.98 Å². The van der Waals surface area contributed by atoms with Crippen molar-refractivity contribution in [3.63, 3.8) is 0 Å². The van der Waals surface area contributed by atoms with Gasteiger partial charge in [-0.05, 0) is 50.8 Å². The standard InChI is InChI=1S/C24H31F3N4O/c1-17-6-2-3-12-30(17)13-5-11-28-23(32)21-16-31-15-19(9-10-22(31)29-21)18-7-4-8-20(14-18)24(25,26)27/h4,7-8,14,16-17,19H,2-3,5-6,9-13,15H2,1H3,(H,28,32)/t17-,19+/m0/s1. The van der Waals surface area contributed by atoms with Gasteiger partial charge in [-0.2, -0.15) is 13.2 Å². The molecule has 2 aliphatic rings. The van der Waals surface area contributed by atoms with E-state index in [9.17, 15) is 18.0 Å². The summed E-state index contributed by atoms with van der Waals surface area (Å²) >= 11 is 0. The highest BCUT2D eigenvalue weighted by atomic mass is 19.4. The van der Waals surface area contributed by atoms with Crippen LogP contribution in [0.25, 0.3) is 0 Å². The number of fused-ring (bicyclic) bond motifs is 1. The van der Waals surface area contributed by atoms with E-state index in [1.54, 1.807) is 12.3 Å². The van der Waals surface area contributed by atoms with Crippen molar-refractivity contribution >= 4 is 5.91 Å². The lowest BCUT2D eigenvalue weighted by Crippen LogP contribution is -2.39. The third kappa shape index (κ3) is 5.34. The number of rotatable bonds is 6. The number of piperidine rings is 1. The average molecular weight is 449 g/mol. The van der Waals surface area contributed by atoms with Crippen molar-refractivity contribution in [1.82, 2.24) is 19.8 Å². The van der Waals surface area contributed by atoms with Gasteiger partial charge in [0.25, 0.3) is 5.91 Å². The fourth-order valence-electron chi connectivity index (χ4n) is 4.86. The number of halogens is 3. The van der Waals surface area contributed by atoms with E-state index in [4.69, 9.17) is 0 Å². The van der Waals surface area contributed by atoms with Crippen LogP contribution in [-0.2, 0) is 19.1 Å². The number of benzene rings is 1. The molecule has 1 N–H and O–H groups in total. The number of carbonyl (C=O) groups is 1. The third-order valence-corrected chi connectivity index (χ3v) is 6.76. The SMILES string of the molecule is C[C@H]1CCCCN1CCCNC(=O)c1cn2c(n1)CC[C@@H](c1cccc(C(F)(F)F)c1)C2. The van der Waals surface area contributed by atoms with Crippen LogP contribution in [0.1, 0.15) is 72.4 Å². The zero-order valence-corrected chi connectivity index (χ0v) is 18.5. The molecule has 2 aliphatic heterocycles. The molecule has 1 aromatic heterocycles. The van der Waals surface area contributed by atoms with Gasteiger partial charge >= 0.3 is 6.18 Å². The molecule has 32 heavy (non-hydrogen) atoms. The minimum absolute atomic E-state index is 0.0264. The maximum Gasteiger partial charge on any atom is 0.416 e. The molecule has 1 aromatic carbocycles. The molecule has 2 aromatic rings. The molecule has 0 saturated carbocycles. The van der Waals surface area contributed by atoms with Gasteiger partial charge in [0.1, 0.15) is 11.5 Å². The van der Waals surface area contributed by atoms with Crippen molar-refractivity contribution in [2.24, 2.45) is 0 Å². The molecule has 0 unspecified atom stereocenters. The quantitative estimate of drug-likeness (QED) is 0.656. The van der Waals surface area contributed by atoms with Crippen molar-refractivity contribution in [2.75, 3.05) is 19.6 Å². The highest BCUT2D eigenvalue weighted by Crippen LogP contribution is 2.34. The summed E-state index contributed by atoms with van der Waals surface area (Å²) in [5.41, 5.74) is 0.443. The largest absolute Gasteiger partial charge is 0.416 e. The van der Waals surface area contributed by atoms with E-state index < -0.39 is 11.7 Å².